The van der Waals surface area contributed by atoms with Gasteiger partial charge in [0.05, 0.1) is 28.4 Å². The Morgan fingerprint density at radius 2 is 1.68 bits per heavy atom. The smallest absolute Gasteiger partial charge is 0.323 e. The van der Waals surface area contributed by atoms with Gasteiger partial charge in [0.25, 0.3) is 5.56 Å². The maximum Gasteiger partial charge on any atom is 0.417 e. The first-order valence-corrected chi connectivity index (χ1v) is 12.2. The van der Waals surface area contributed by atoms with Crippen molar-refractivity contribution >= 4 is 34.7 Å². The van der Waals surface area contributed by atoms with Crippen molar-refractivity contribution in [3.8, 4) is 0 Å². The van der Waals surface area contributed by atoms with E-state index in [4.69, 9.17) is 29.0 Å². The molecule has 0 radical (unpaired) electrons. The van der Waals surface area contributed by atoms with Crippen LogP contribution in [0.3, 0.4) is 0 Å². The highest BCUT2D eigenvalue weighted by molar-refractivity contribution is 6.33. The molecule has 2 heterocycles. The van der Waals surface area contributed by atoms with Crippen molar-refractivity contribution in [1.29, 1.82) is 0 Å². The van der Waals surface area contributed by atoms with E-state index in [2.05, 4.69) is 10.1 Å². The average Bonchev–Trinajstić information content (AvgIpc) is 2.91. The summed E-state index contributed by atoms with van der Waals surface area (Å²) >= 11 is 12.1. The normalized spacial score (nSPS) is 12.0. The number of aromatic nitrogens is 3. The highest BCUT2D eigenvalue weighted by Crippen LogP contribution is 2.33. The topological polar surface area (TPSA) is 98.5 Å². The molecule has 0 amide bonds. The Morgan fingerprint density at radius 3 is 2.25 bits per heavy atom. The van der Waals surface area contributed by atoms with Crippen LogP contribution in [-0.2, 0) is 19.1 Å². The SMILES string of the molecule is CN(c1ncc(C(F)(F)F)cc1Cl)n1cc(/C(Cc2ccc(Cl)cc2)=N\N)c(=O)n(Cc2ccc(F)cc2)c1=O. The van der Waals surface area contributed by atoms with Crippen molar-refractivity contribution in [2.75, 3.05) is 12.1 Å². The third-order valence-electron chi connectivity index (χ3n) is 5.94. The molecule has 0 aliphatic carbocycles. The van der Waals surface area contributed by atoms with Crippen molar-refractivity contribution in [3.05, 3.63) is 126 Å². The van der Waals surface area contributed by atoms with Crippen molar-refractivity contribution in [3.63, 3.8) is 0 Å². The molecule has 0 bridgehead atoms. The van der Waals surface area contributed by atoms with Gasteiger partial charge in [-0.05, 0) is 41.5 Å². The van der Waals surface area contributed by atoms with Crippen LogP contribution in [0.25, 0.3) is 0 Å². The van der Waals surface area contributed by atoms with E-state index in [1.54, 1.807) is 24.3 Å². The van der Waals surface area contributed by atoms with Crippen molar-refractivity contribution < 1.29 is 17.6 Å². The summed E-state index contributed by atoms with van der Waals surface area (Å²) in [5.74, 6) is 4.95. The van der Waals surface area contributed by atoms with Crippen molar-refractivity contribution in [2.24, 2.45) is 10.9 Å². The molecule has 40 heavy (non-hydrogen) atoms. The van der Waals surface area contributed by atoms with Gasteiger partial charge in [-0.3, -0.25) is 14.4 Å². The van der Waals surface area contributed by atoms with Gasteiger partial charge < -0.3 is 5.84 Å². The Bertz CT molecular complexity index is 1680. The Balaban J connectivity index is 1.87. The summed E-state index contributed by atoms with van der Waals surface area (Å²) in [6.45, 7) is -0.257. The fourth-order valence-electron chi connectivity index (χ4n) is 3.85. The van der Waals surface area contributed by atoms with Gasteiger partial charge in [-0.15, -0.1) is 0 Å². The number of anilines is 1. The first-order valence-electron chi connectivity index (χ1n) is 11.5. The second-order valence-corrected chi connectivity index (χ2v) is 9.46. The van der Waals surface area contributed by atoms with Crippen LogP contribution in [0.1, 0.15) is 22.3 Å². The van der Waals surface area contributed by atoms with Gasteiger partial charge in [-0.2, -0.15) is 18.3 Å². The minimum Gasteiger partial charge on any atom is -0.323 e. The Morgan fingerprint density at radius 1 is 1.05 bits per heavy atom. The van der Waals surface area contributed by atoms with Crippen LogP contribution >= 0.6 is 23.2 Å². The zero-order chi connectivity index (χ0) is 29.2. The molecule has 0 aliphatic heterocycles. The third-order valence-corrected chi connectivity index (χ3v) is 6.47. The predicted octanol–water partition coefficient (Wildman–Crippen LogP) is 4.72. The fraction of sp³-hybridized carbons (Fsp3) is 0.154. The number of hydrogen-bond acceptors (Lipinski definition) is 6. The van der Waals surface area contributed by atoms with Crippen LogP contribution in [-0.4, -0.2) is 27.0 Å². The highest BCUT2D eigenvalue weighted by atomic mass is 35.5. The van der Waals surface area contributed by atoms with Gasteiger partial charge in [0.1, 0.15) is 5.82 Å². The monoisotopic (exact) mass is 594 g/mol. The number of alkyl halides is 3. The van der Waals surface area contributed by atoms with E-state index in [1.807, 2.05) is 0 Å². The zero-order valence-corrected chi connectivity index (χ0v) is 22.2. The fourth-order valence-corrected chi connectivity index (χ4v) is 4.26. The quantitative estimate of drug-likeness (QED) is 0.144. The van der Waals surface area contributed by atoms with Gasteiger partial charge in [0.2, 0.25) is 0 Å². The van der Waals surface area contributed by atoms with Gasteiger partial charge in [-0.25, -0.2) is 18.8 Å². The number of rotatable bonds is 7. The maximum absolute atomic E-state index is 13.6. The molecule has 2 aromatic carbocycles. The number of nitrogens with zero attached hydrogens (tertiary/aromatic N) is 5. The second kappa shape index (κ2) is 11.5. The van der Waals surface area contributed by atoms with Crippen LogP contribution in [0.5, 0.6) is 0 Å². The molecular weight excluding hydrogens is 575 g/mol. The number of hydrogen-bond donors (Lipinski definition) is 1. The number of benzene rings is 2. The molecule has 0 atom stereocenters. The van der Waals surface area contributed by atoms with Crippen molar-refractivity contribution in [2.45, 2.75) is 19.1 Å². The summed E-state index contributed by atoms with van der Waals surface area (Å²) < 4.78 is 54.7. The van der Waals surface area contributed by atoms with Crippen LogP contribution < -0.4 is 22.1 Å². The van der Waals surface area contributed by atoms with E-state index >= 15 is 0 Å². The number of hydrazone groups is 1. The van der Waals surface area contributed by atoms with Gasteiger partial charge in [0, 0.05) is 30.9 Å². The van der Waals surface area contributed by atoms with Gasteiger partial charge >= 0.3 is 11.9 Å². The molecule has 208 valence electrons. The summed E-state index contributed by atoms with van der Waals surface area (Å²) in [6.07, 6.45) is -2.87. The molecule has 0 spiro atoms. The summed E-state index contributed by atoms with van der Waals surface area (Å²) in [5.41, 5.74) is -1.53. The third kappa shape index (κ3) is 6.18. The summed E-state index contributed by atoms with van der Waals surface area (Å²) in [6, 6.07) is 12.5. The lowest BCUT2D eigenvalue weighted by Crippen LogP contribution is -2.48. The number of pyridine rings is 1. The predicted molar refractivity (Wildman–Crippen MR) is 144 cm³/mol. The van der Waals surface area contributed by atoms with Crippen molar-refractivity contribution in [1.82, 2.24) is 14.2 Å². The summed E-state index contributed by atoms with van der Waals surface area (Å²) in [4.78, 5) is 30.9. The minimum atomic E-state index is -4.69. The standard InChI is InChI=1S/C26H20Cl2F4N6O2/c1-36(23-21(28)11-17(12-34-23)26(30,31)32)38-14-20(22(35-33)10-15-2-6-18(27)7-3-15)24(39)37(25(38)40)13-16-4-8-19(29)9-5-16/h2-9,11-12,14H,10,13,33H2,1H3/b35-22-. The lowest BCUT2D eigenvalue weighted by molar-refractivity contribution is -0.137. The van der Waals surface area contributed by atoms with Crippen LogP contribution in [0.15, 0.2) is 81.7 Å². The van der Waals surface area contributed by atoms with E-state index in [-0.39, 0.29) is 30.1 Å². The zero-order valence-electron chi connectivity index (χ0n) is 20.7. The second-order valence-electron chi connectivity index (χ2n) is 8.62. The summed E-state index contributed by atoms with van der Waals surface area (Å²) in [7, 11) is 1.33. The average molecular weight is 595 g/mol. The molecule has 0 fully saturated rings. The Labute approximate surface area is 234 Å². The molecule has 4 aromatic rings. The first kappa shape index (κ1) is 28.8. The number of nitrogens with two attached hydrogens (primary N) is 1. The van der Waals surface area contributed by atoms with E-state index in [1.165, 1.54) is 31.3 Å². The molecule has 2 aromatic heterocycles. The van der Waals surface area contributed by atoms with E-state index in [0.717, 1.165) is 20.4 Å². The molecule has 14 heteroatoms. The van der Waals surface area contributed by atoms with E-state index < -0.39 is 33.8 Å². The van der Waals surface area contributed by atoms with Crippen LogP contribution in [0.2, 0.25) is 10.0 Å². The summed E-state index contributed by atoms with van der Waals surface area (Å²) in [5, 5.41) is 4.97. The highest BCUT2D eigenvalue weighted by Gasteiger charge is 2.32. The molecule has 0 saturated carbocycles. The van der Waals surface area contributed by atoms with Gasteiger partial charge in [-0.1, -0.05) is 47.5 Å². The Hall–Kier alpha value is -4.16. The maximum atomic E-state index is 13.6. The van der Waals surface area contributed by atoms with Gasteiger partial charge in [0.15, 0.2) is 5.82 Å². The molecule has 2 N–H and O–H groups in total. The van der Waals surface area contributed by atoms with Crippen LogP contribution in [0, 0.1) is 5.82 Å². The molecule has 4 rings (SSSR count). The first-order chi connectivity index (χ1) is 18.9. The molecular formula is C26H20Cl2F4N6O2. The van der Waals surface area contributed by atoms with Crippen LogP contribution in [0.4, 0.5) is 23.4 Å². The molecule has 8 nitrogen and oxygen atoms in total. The molecule has 0 unspecified atom stereocenters. The van der Waals surface area contributed by atoms with E-state index in [0.29, 0.717) is 28.4 Å². The lowest BCUT2D eigenvalue weighted by atomic mass is 10.0. The molecule has 0 aliphatic rings. The van der Waals surface area contributed by atoms with E-state index in [9.17, 15) is 27.2 Å². The lowest BCUT2D eigenvalue weighted by Gasteiger charge is -2.24. The molecule has 0 saturated heterocycles. The largest absolute Gasteiger partial charge is 0.417 e. The Kier molecular flexibility index (Phi) is 8.31. The minimum absolute atomic E-state index is 0.0750. The number of halogens is 6.